The third-order valence-corrected chi connectivity index (χ3v) is 4.14. The molecule has 29 heavy (non-hydrogen) atoms. The van der Waals surface area contributed by atoms with Crippen molar-refractivity contribution in [3.63, 3.8) is 0 Å². The van der Waals surface area contributed by atoms with Crippen molar-refractivity contribution >= 4 is 17.5 Å². The molecule has 10 nitrogen and oxygen atoms in total. The van der Waals surface area contributed by atoms with E-state index in [1.165, 1.54) is 6.33 Å². The van der Waals surface area contributed by atoms with Gasteiger partial charge < -0.3 is 10.1 Å². The molecule has 0 atom stereocenters. The van der Waals surface area contributed by atoms with Crippen LogP contribution < -0.4 is 15.4 Å². The minimum atomic E-state index is -0.308. The lowest BCUT2D eigenvalue weighted by atomic mass is 10.1. The number of amides is 2. The summed E-state index contributed by atoms with van der Waals surface area (Å²) in [6, 6.07) is 7.37. The molecule has 148 valence electrons. The molecule has 4 aromatic rings. The molecule has 0 saturated carbocycles. The average Bonchev–Trinajstić information content (AvgIpc) is 3.38. The average molecular weight is 392 g/mol. The van der Waals surface area contributed by atoms with Crippen LogP contribution in [0.2, 0.25) is 0 Å². The summed E-state index contributed by atoms with van der Waals surface area (Å²) in [6.45, 7) is 3.33. The molecule has 0 unspecified atom stereocenters. The van der Waals surface area contributed by atoms with Crippen LogP contribution >= 0.6 is 0 Å². The Hall–Kier alpha value is -3.95. The molecule has 4 rings (SSSR count). The first-order valence-corrected chi connectivity index (χ1v) is 9.16. The topological polar surface area (TPSA) is 111 Å². The molecular weight excluding hydrogens is 372 g/mol. The number of imidazole rings is 1. The maximum Gasteiger partial charge on any atom is 0.320 e. The number of anilines is 1. The van der Waals surface area contributed by atoms with Gasteiger partial charge in [-0.2, -0.15) is 5.10 Å². The van der Waals surface area contributed by atoms with Crippen molar-refractivity contribution in [2.75, 3.05) is 18.5 Å². The van der Waals surface area contributed by atoms with Crippen LogP contribution in [0.1, 0.15) is 6.92 Å². The molecule has 0 spiro atoms. The molecule has 10 heteroatoms. The summed E-state index contributed by atoms with van der Waals surface area (Å²) in [7, 11) is 0. The Bertz CT molecular complexity index is 1090. The van der Waals surface area contributed by atoms with E-state index in [9.17, 15) is 4.79 Å². The van der Waals surface area contributed by atoms with Crippen molar-refractivity contribution in [2.45, 2.75) is 13.5 Å². The lowest BCUT2D eigenvalue weighted by Crippen LogP contribution is -2.28. The fraction of sp³-hybridized carbons (Fsp3) is 0.211. The molecule has 0 aliphatic carbocycles. The number of carbonyl (C=O) groups excluding carboxylic acids is 1. The second-order valence-electron chi connectivity index (χ2n) is 6.17. The van der Waals surface area contributed by atoms with Crippen LogP contribution in [0.15, 0.2) is 55.5 Å². The predicted octanol–water partition coefficient (Wildman–Crippen LogP) is 2.21. The van der Waals surface area contributed by atoms with Gasteiger partial charge in [-0.1, -0.05) is 6.07 Å². The number of aromatic nitrogens is 6. The number of pyridine rings is 2. The Morgan fingerprint density at radius 3 is 2.93 bits per heavy atom. The molecule has 0 aliphatic rings. The molecule has 0 bridgehead atoms. The molecule has 0 fully saturated rings. The van der Waals surface area contributed by atoms with Gasteiger partial charge in [-0.15, -0.1) is 0 Å². The predicted molar refractivity (Wildman–Crippen MR) is 107 cm³/mol. The summed E-state index contributed by atoms with van der Waals surface area (Å²) in [5.74, 6) is 1.03. The number of ether oxygens (including phenoxy) is 1. The minimum absolute atomic E-state index is 0.308. The summed E-state index contributed by atoms with van der Waals surface area (Å²) in [6.07, 6.45) is 8.35. The zero-order chi connectivity index (χ0) is 20.1. The highest BCUT2D eigenvalue weighted by Crippen LogP contribution is 2.27. The van der Waals surface area contributed by atoms with E-state index >= 15 is 0 Å². The molecule has 0 aliphatic heterocycles. The van der Waals surface area contributed by atoms with Gasteiger partial charge in [-0.25, -0.2) is 19.4 Å². The van der Waals surface area contributed by atoms with Crippen molar-refractivity contribution in [3.8, 4) is 17.0 Å². The Morgan fingerprint density at radius 1 is 1.24 bits per heavy atom. The van der Waals surface area contributed by atoms with Crippen LogP contribution in [0, 0.1) is 0 Å². The number of hydrogen-bond acceptors (Lipinski definition) is 6. The van der Waals surface area contributed by atoms with E-state index in [4.69, 9.17) is 4.74 Å². The Balaban J connectivity index is 1.65. The number of carbonyl (C=O) groups is 1. The van der Waals surface area contributed by atoms with Gasteiger partial charge in [0, 0.05) is 30.6 Å². The van der Waals surface area contributed by atoms with E-state index in [-0.39, 0.29) is 6.03 Å². The van der Waals surface area contributed by atoms with E-state index in [1.54, 1.807) is 34.0 Å². The fourth-order valence-electron chi connectivity index (χ4n) is 2.84. The maximum atomic E-state index is 11.8. The van der Waals surface area contributed by atoms with Crippen molar-refractivity contribution in [3.05, 3.63) is 55.5 Å². The Morgan fingerprint density at radius 2 is 2.17 bits per heavy atom. The maximum absolute atomic E-state index is 11.8. The SMILES string of the molecule is CCNC(=O)Nc1cn2c(OCCn3cncn3)cc(-c3cccnc3)cc2n1. The second kappa shape index (κ2) is 8.38. The van der Waals surface area contributed by atoms with Gasteiger partial charge in [-0.3, -0.25) is 14.7 Å². The van der Waals surface area contributed by atoms with Crippen LogP contribution in [-0.4, -0.2) is 48.3 Å². The zero-order valence-electron chi connectivity index (χ0n) is 15.8. The largest absolute Gasteiger partial charge is 0.477 e. The van der Waals surface area contributed by atoms with Gasteiger partial charge in [-0.05, 0) is 24.6 Å². The standard InChI is InChI=1S/C19H20N8O2/c1-2-22-19(28)25-16-11-27-17(24-16)8-15(14-4-3-5-20-10-14)9-18(27)29-7-6-26-13-21-12-23-26/h3-5,8-13H,2,6-7H2,1H3,(H2,22,25,28). The van der Waals surface area contributed by atoms with Crippen LogP contribution in [0.4, 0.5) is 10.6 Å². The molecule has 2 amide bonds. The molecule has 0 saturated heterocycles. The van der Waals surface area contributed by atoms with Gasteiger partial charge in [0.05, 0.1) is 12.7 Å². The van der Waals surface area contributed by atoms with Crippen LogP contribution in [0.5, 0.6) is 5.88 Å². The van der Waals surface area contributed by atoms with Crippen molar-refractivity contribution in [2.24, 2.45) is 0 Å². The molecule has 4 heterocycles. The Labute approximate surface area is 166 Å². The monoisotopic (exact) mass is 392 g/mol. The number of nitrogens with one attached hydrogen (secondary N) is 2. The quantitative estimate of drug-likeness (QED) is 0.499. The van der Waals surface area contributed by atoms with E-state index < -0.39 is 0 Å². The molecule has 0 aromatic carbocycles. The first-order valence-electron chi connectivity index (χ1n) is 9.16. The highest BCUT2D eigenvalue weighted by molar-refractivity contribution is 5.88. The van der Waals surface area contributed by atoms with Crippen molar-refractivity contribution < 1.29 is 9.53 Å². The second-order valence-corrected chi connectivity index (χ2v) is 6.17. The number of urea groups is 1. The molecule has 0 radical (unpaired) electrons. The number of rotatable bonds is 7. The van der Waals surface area contributed by atoms with Gasteiger partial charge >= 0.3 is 6.03 Å². The van der Waals surface area contributed by atoms with E-state index in [2.05, 4.69) is 30.7 Å². The summed E-state index contributed by atoms with van der Waals surface area (Å²) in [5.41, 5.74) is 2.50. The van der Waals surface area contributed by atoms with Gasteiger partial charge in [0.1, 0.15) is 24.9 Å². The summed E-state index contributed by atoms with van der Waals surface area (Å²) < 4.78 is 9.49. The molecule has 4 aromatic heterocycles. The highest BCUT2D eigenvalue weighted by Gasteiger charge is 2.12. The molecule has 2 N–H and O–H groups in total. The van der Waals surface area contributed by atoms with Crippen molar-refractivity contribution in [1.82, 2.24) is 34.4 Å². The van der Waals surface area contributed by atoms with Crippen LogP contribution in [0.3, 0.4) is 0 Å². The number of nitrogens with zero attached hydrogens (tertiary/aromatic N) is 6. The van der Waals surface area contributed by atoms with Gasteiger partial charge in [0.2, 0.25) is 0 Å². The smallest absolute Gasteiger partial charge is 0.320 e. The first kappa shape index (κ1) is 18.4. The fourth-order valence-corrected chi connectivity index (χ4v) is 2.84. The lowest BCUT2D eigenvalue weighted by Gasteiger charge is -2.11. The summed E-state index contributed by atoms with van der Waals surface area (Å²) in [4.78, 5) is 24.4. The highest BCUT2D eigenvalue weighted by atomic mass is 16.5. The lowest BCUT2D eigenvalue weighted by molar-refractivity contribution is 0.252. The van der Waals surface area contributed by atoms with Gasteiger partial charge in [0.25, 0.3) is 0 Å². The van der Waals surface area contributed by atoms with Crippen LogP contribution in [-0.2, 0) is 6.54 Å². The first-order chi connectivity index (χ1) is 14.2. The Kier molecular flexibility index (Phi) is 5.32. The summed E-state index contributed by atoms with van der Waals surface area (Å²) >= 11 is 0. The van der Waals surface area contributed by atoms with E-state index in [1.807, 2.05) is 31.2 Å². The van der Waals surface area contributed by atoms with E-state index in [0.29, 0.717) is 37.0 Å². The third kappa shape index (κ3) is 4.32. The third-order valence-electron chi connectivity index (χ3n) is 4.14. The van der Waals surface area contributed by atoms with Crippen molar-refractivity contribution in [1.29, 1.82) is 0 Å². The minimum Gasteiger partial charge on any atom is -0.477 e. The molecular formula is C19H20N8O2. The van der Waals surface area contributed by atoms with E-state index in [0.717, 1.165) is 11.1 Å². The zero-order valence-corrected chi connectivity index (χ0v) is 15.8. The van der Waals surface area contributed by atoms with Gasteiger partial charge in [0.15, 0.2) is 11.7 Å². The number of fused-ring (bicyclic) bond motifs is 1. The number of hydrogen-bond donors (Lipinski definition) is 2. The normalized spacial score (nSPS) is 10.8. The summed E-state index contributed by atoms with van der Waals surface area (Å²) in [5, 5.41) is 9.48. The van der Waals surface area contributed by atoms with Crippen LogP contribution in [0.25, 0.3) is 16.8 Å².